The van der Waals surface area contributed by atoms with Crippen LogP contribution in [0.4, 0.5) is 4.39 Å². The summed E-state index contributed by atoms with van der Waals surface area (Å²) in [6.45, 7) is 3.72. The van der Waals surface area contributed by atoms with E-state index in [4.69, 9.17) is 0 Å². The zero-order valence-electron chi connectivity index (χ0n) is 19.3. The van der Waals surface area contributed by atoms with Gasteiger partial charge < -0.3 is 9.84 Å². The average Bonchev–Trinajstić information content (AvgIpc) is 3.10. The van der Waals surface area contributed by atoms with Crippen molar-refractivity contribution in [2.45, 2.75) is 38.8 Å². The van der Waals surface area contributed by atoms with Crippen LogP contribution in [0.15, 0.2) is 65.5 Å². The van der Waals surface area contributed by atoms with Crippen molar-refractivity contribution in [2.24, 2.45) is 0 Å². The number of aliphatic hydroxyl groups excluding tert-OH is 1. The highest BCUT2D eigenvalue weighted by Crippen LogP contribution is 2.29. The lowest BCUT2D eigenvalue weighted by Crippen LogP contribution is -2.25. The lowest BCUT2D eigenvalue weighted by molar-refractivity contribution is -0.143. The first-order valence-electron chi connectivity index (χ1n) is 10.9. The van der Waals surface area contributed by atoms with Crippen LogP contribution in [-0.4, -0.2) is 39.2 Å². The molecule has 0 bridgehead atoms. The number of imidazole rings is 1. The third-order valence-corrected chi connectivity index (χ3v) is 5.25. The number of rotatable bonds is 9. The van der Waals surface area contributed by atoms with Crippen LogP contribution in [0.5, 0.6) is 0 Å². The van der Waals surface area contributed by atoms with E-state index in [2.05, 4.69) is 4.74 Å². The molecule has 3 rings (SSSR count). The van der Waals surface area contributed by atoms with Gasteiger partial charge in [-0.25, -0.2) is 9.18 Å². The van der Waals surface area contributed by atoms with Crippen LogP contribution < -0.4 is 5.69 Å². The van der Waals surface area contributed by atoms with Crippen molar-refractivity contribution in [1.29, 1.82) is 0 Å². The molecule has 7 nitrogen and oxygen atoms in total. The highest BCUT2D eigenvalue weighted by Gasteiger charge is 2.23. The minimum Gasteiger partial charge on any atom is -0.469 e. The van der Waals surface area contributed by atoms with Gasteiger partial charge in [0.1, 0.15) is 18.0 Å². The van der Waals surface area contributed by atoms with E-state index in [1.54, 1.807) is 39.5 Å². The predicted octanol–water partition coefficient (Wildman–Crippen LogP) is 3.92. The minimum atomic E-state index is -1.17. The van der Waals surface area contributed by atoms with Crippen molar-refractivity contribution in [2.75, 3.05) is 7.11 Å². The van der Waals surface area contributed by atoms with Gasteiger partial charge in [0.05, 0.1) is 30.3 Å². The standard InChI is InChI=1S/C26H27FN2O5/c1-17(2)28-23(14-13-21(30)15-22(31)16-24(32)34-3)25(18-9-11-19(27)12-10-18)29(26(28)33)20-7-5-4-6-8-20/h4-14,17,21,30H,15-16H2,1-3H3/b14-13+. The van der Waals surface area contributed by atoms with Gasteiger partial charge in [-0.1, -0.05) is 24.3 Å². The number of hydrogen-bond donors (Lipinski definition) is 1. The molecule has 0 amide bonds. The van der Waals surface area contributed by atoms with E-state index < -0.39 is 30.1 Å². The van der Waals surface area contributed by atoms with Crippen LogP contribution in [0.3, 0.4) is 0 Å². The molecule has 3 aromatic rings. The third kappa shape index (κ3) is 5.58. The number of Topliss-reactive ketones (excluding diaryl/α,β-unsaturated/α-hetero) is 1. The zero-order chi connectivity index (χ0) is 24.8. The van der Waals surface area contributed by atoms with E-state index in [0.717, 1.165) is 0 Å². The Hall–Kier alpha value is -3.78. The predicted molar refractivity (Wildman–Crippen MR) is 127 cm³/mol. The fourth-order valence-corrected chi connectivity index (χ4v) is 3.70. The summed E-state index contributed by atoms with van der Waals surface area (Å²) in [6, 6.07) is 14.6. The number of carbonyl (C=O) groups is 2. The molecular weight excluding hydrogens is 439 g/mol. The number of carbonyl (C=O) groups excluding carboxylic acids is 2. The van der Waals surface area contributed by atoms with Crippen LogP contribution >= 0.6 is 0 Å². The third-order valence-electron chi connectivity index (χ3n) is 5.25. The molecule has 1 aromatic heterocycles. The number of esters is 1. The van der Waals surface area contributed by atoms with Crippen LogP contribution in [0.1, 0.15) is 38.4 Å². The fraction of sp³-hybridized carbons (Fsp3) is 0.269. The Balaban J connectivity index is 2.13. The summed E-state index contributed by atoms with van der Waals surface area (Å²) in [5.41, 5.74) is 1.97. The second kappa shape index (κ2) is 10.9. The largest absolute Gasteiger partial charge is 0.469 e. The number of halogens is 1. The Morgan fingerprint density at radius 2 is 1.74 bits per heavy atom. The summed E-state index contributed by atoms with van der Waals surface area (Å²) >= 11 is 0. The molecule has 2 aromatic carbocycles. The molecule has 0 radical (unpaired) electrons. The summed E-state index contributed by atoms with van der Waals surface area (Å²) in [4.78, 5) is 36.8. The molecule has 0 aliphatic carbocycles. The quantitative estimate of drug-likeness (QED) is 0.381. The highest BCUT2D eigenvalue weighted by molar-refractivity contribution is 5.95. The van der Waals surface area contributed by atoms with Crippen molar-refractivity contribution in [1.82, 2.24) is 9.13 Å². The molecule has 0 saturated heterocycles. The van der Waals surface area contributed by atoms with Gasteiger partial charge in [-0.15, -0.1) is 0 Å². The van der Waals surface area contributed by atoms with Crippen molar-refractivity contribution >= 4 is 17.8 Å². The molecule has 1 unspecified atom stereocenters. The van der Waals surface area contributed by atoms with Gasteiger partial charge >= 0.3 is 11.7 Å². The summed E-state index contributed by atoms with van der Waals surface area (Å²) in [5.74, 6) is -1.54. The van der Waals surface area contributed by atoms with Crippen molar-refractivity contribution < 1.29 is 23.8 Å². The Bertz CT molecular complexity index is 1240. The molecular formula is C26H27FN2O5. The minimum absolute atomic E-state index is 0.227. The maximum absolute atomic E-state index is 13.6. The molecule has 1 atom stereocenters. The van der Waals surface area contributed by atoms with Gasteiger partial charge in [-0.3, -0.25) is 18.7 Å². The summed E-state index contributed by atoms with van der Waals surface area (Å²) in [5, 5.41) is 10.4. The molecule has 0 fully saturated rings. The number of ketones is 1. The normalized spacial score (nSPS) is 12.3. The average molecular weight is 467 g/mol. The highest BCUT2D eigenvalue weighted by atomic mass is 19.1. The molecule has 0 aliphatic rings. The number of nitrogens with zero attached hydrogens (tertiary/aromatic N) is 2. The molecule has 1 N–H and O–H groups in total. The van der Waals surface area contributed by atoms with Gasteiger partial charge in [-0.05, 0) is 56.3 Å². The number of ether oxygens (including phenoxy) is 1. The first-order chi connectivity index (χ1) is 16.2. The molecule has 0 saturated carbocycles. The topological polar surface area (TPSA) is 90.5 Å². The summed E-state index contributed by atoms with van der Waals surface area (Å²) < 4.78 is 21.2. The monoisotopic (exact) mass is 466 g/mol. The lowest BCUT2D eigenvalue weighted by Gasteiger charge is -2.11. The second-order valence-electron chi connectivity index (χ2n) is 8.08. The molecule has 8 heteroatoms. The van der Waals surface area contributed by atoms with Crippen molar-refractivity contribution in [3.8, 4) is 16.9 Å². The maximum Gasteiger partial charge on any atom is 0.333 e. The molecule has 1 heterocycles. The van der Waals surface area contributed by atoms with Crippen LogP contribution in [0.2, 0.25) is 0 Å². The Morgan fingerprint density at radius 1 is 1.09 bits per heavy atom. The van der Waals surface area contributed by atoms with E-state index in [9.17, 15) is 23.9 Å². The van der Waals surface area contributed by atoms with Crippen LogP contribution in [0, 0.1) is 5.82 Å². The molecule has 0 aliphatic heterocycles. The number of aromatic nitrogens is 2. The Labute approximate surface area is 196 Å². The van der Waals surface area contributed by atoms with Gasteiger partial charge in [-0.2, -0.15) is 0 Å². The number of methoxy groups -OCH3 is 1. The first kappa shape index (κ1) is 24.9. The lowest BCUT2D eigenvalue weighted by atomic mass is 10.1. The maximum atomic E-state index is 13.6. The van der Waals surface area contributed by atoms with Gasteiger partial charge in [0, 0.05) is 18.0 Å². The number of hydrogen-bond acceptors (Lipinski definition) is 5. The number of benzene rings is 2. The first-order valence-corrected chi connectivity index (χ1v) is 10.9. The van der Waals surface area contributed by atoms with Crippen molar-refractivity contribution in [3.05, 3.63) is 82.7 Å². The molecule has 34 heavy (non-hydrogen) atoms. The Kier molecular flexibility index (Phi) is 7.96. The van der Waals surface area contributed by atoms with Gasteiger partial charge in [0.2, 0.25) is 0 Å². The fourth-order valence-electron chi connectivity index (χ4n) is 3.70. The van der Waals surface area contributed by atoms with Crippen LogP contribution in [0.25, 0.3) is 23.0 Å². The molecule has 178 valence electrons. The number of aliphatic hydroxyl groups is 1. The van der Waals surface area contributed by atoms with E-state index in [-0.39, 0.29) is 18.2 Å². The smallest absolute Gasteiger partial charge is 0.333 e. The number of para-hydroxylation sites is 1. The SMILES string of the molecule is COC(=O)CC(=O)CC(O)/C=C/c1c(-c2ccc(F)cc2)n(-c2ccccc2)c(=O)n1C(C)C. The van der Waals surface area contributed by atoms with Gasteiger partial charge in [0.15, 0.2) is 0 Å². The van der Waals surface area contributed by atoms with E-state index in [1.165, 1.54) is 25.3 Å². The van der Waals surface area contributed by atoms with E-state index >= 15 is 0 Å². The van der Waals surface area contributed by atoms with Gasteiger partial charge in [0.25, 0.3) is 0 Å². The Morgan fingerprint density at radius 3 is 2.32 bits per heavy atom. The summed E-state index contributed by atoms with van der Waals surface area (Å²) in [6.07, 6.45) is 1.11. The van der Waals surface area contributed by atoms with E-state index in [1.807, 2.05) is 32.0 Å². The van der Waals surface area contributed by atoms with E-state index in [0.29, 0.717) is 22.6 Å². The zero-order valence-corrected chi connectivity index (χ0v) is 19.3. The second-order valence-corrected chi connectivity index (χ2v) is 8.08. The van der Waals surface area contributed by atoms with Crippen LogP contribution in [-0.2, 0) is 14.3 Å². The summed E-state index contributed by atoms with van der Waals surface area (Å²) in [7, 11) is 1.19. The molecule has 0 spiro atoms. The van der Waals surface area contributed by atoms with Crippen molar-refractivity contribution in [3.63, 3.8) is 0 Å².